The predicted octanol–water partition coefficient (Wildman–Crippen LogP) is 0.707. The van der Waals surface area contributed by atoms with Gasteiger partial charge in [0.05, 0.1) is 24.9 Å². The molecule has 0 aromatic carbocycles. The molecule has 0 radical (unpaired) electrons. The Morgan fingerprint density at radius 3 is 2.70 bits per heavy atom. The second kappa shape index (κ2) is 9.88. The largest absolute Gasteiger partial charge is 0.383 e. The van der Waals surface area contributed by atoms with Gasteiger partial charge < -0.3 is 24.8 Å². The molecule has 0 bridgehead atoms. The molecule has 3 rings (SSSR count). The molecule has 1 N–H and O–H groups in total. The van der Waals surface area contributed by atoms with Gasteiger partial charge >= 0.3 is 6.03 Å². The molecular weight excluding hydrogens is 386 g/mol. The average molecular weight is 418 g/mol. The number of piperazine rings is 1. The molecule has 2 fully saturated rings. The molecule has 2 atom stereocenters. The van der Waals surface area contributed by atoms with Crippen LogP contribution in [-0.4, -0.2) is 89.5 Å². The van der Waals surface area contributed by atoms with E-state index in [4.69, 9.17) is 4.74 Å². The van der Waals surface area contributed by atoms with Crippen LogP contribution >= 0.6 is 0 Å². The van der Waals surface area contributed by atoms with Crippen LogP contribution in [0.2, 0.25) is 0 Å². The van der Waals surface area contributed by atoms with Gasteiger partial charge in [-0.05, 0) is 24.5 Å². The number of methoxy groups -OCH3 is 1. The first-order valence-electron chi connectivity index (χ1n) is 10.4. The van der Waals surface area contributed by atoms with Crippen LogP contribution in [0.25, 0.3) is 0 Å². The number of amides is 4. The number of rotatable bonds is 9. The van der Waals surface area contributed by atoms with E-state index in [0.29, 0.717) is 39.2 Å². The number of hydrogen-bond acceptors (Lipinski definition) is 5. The molecule has 9 nitrogen and oxygen atoms in total. The highest BCUT2D eigenvalue weighted by Crippen LogP contribution is 2.28. The molecule has 164 valence electrons. The summed E-state index contributed by atoms with van der Waals surface area (Å²) in [5.74, 6) is -0.00544. The molecule has 1 aromatic heterocycles. The van der Waals surface area contributed by atoms with Gasteiger partial charge in [0.2, 0.25) is 11.8 Å². The third kappa shape index (κ3) is 5.08. The van der Waals surface area contributed by atoms with E-state index < -0.39 is 6.04 Å². The summed E-state index contributed by atoms with van der Waals surface area (Å²) in [6.07, 6.45) is 2.27. The van der Waals surface area contributed by atoms with Crippen LogP contribution in [0.3, 0.4) is 0 Å². The van der Waals surface area contributed by atoms with E-state index in [-0.39, 0.29) is 36.3 Å². The third-order valence-electron chi connectivity index (χ3n) is 5.47. The highest BCUT2D eigenvalue weighted by molar-refractivity contribution is 5.91. The topological polar surface area (TPSA) is 95.1 Å². The Labute approximate surface area is 177 Å². The summed E-state index contributed by atoms with van der Waals surface area (Å²) in [5, 5.41) is 2.81. The lowest BCUT2D eigenvalue weighted by atomic mass is 9.97. The molecule has 2 aliphatic rings. The lowest BCUT2D eigenvalue weighted by Gasteiger charge is -2.42. The van der Waals surface area contributed by atoms with E-state index in [2.05, 4.69) is 10.3 Å². The highest BCUT2D eigenvalue weighted by Gasteiger charge is 2.49. The van der Waals surface area contributed by atoms with Crippen LogP contribution in [0.1, 0.15) is 26.0 Å². The van der Waals surface area contributed by atoms with Crippen LogP contribution < -0.4 is 5.32 Å². The summed E-state index contributed by atoms with van der Waals surface area (Å²) in [6, 6.07) is 4.66. The van der Waals surface area contributed by atoms with Gasteiger partial charge in [-0.1, -0.05) is 19.9 Å². The predicted molar refractivity (Wildman–Crippen MR) is 110 cm³/mol. The number of carbonyl (C=O) groups is 3. The quantitative estimate of drug-likeness (QED) is 0.639. The van der Waals surface area contributed by atoms with Gasteiger partial charge in [-0.15, -0.1) is 0 Å². The van der Waals surface area contributed by atoms with Crippen molar-refractivity contribution in [1.29, 1.82) is 0 Å². The molecule has 2 aliphatic heterocycles. The van der Waals surface area contributed by atoms with Crippen LogP contribution in [0.5, 0.6) is 0 Å². The maximum Gasteiger partial charge on any atom is 0.321 e. The normalized spacial score (nSPS) is 21.4. The Morgan fingerprint density at radius 2 is 2.03 bits per heavy atom. The zero-order valence-electron chi connectivity index (χ0n) is 17.9. The summed E-state index contributed by atoms with van der Waals surface area (Å²) in [7, 11) is 1.61. The SMILES string of the molecule is COCCN1C[C@H]2CN(CC(=O)NCc3ccccn3)C(=O)N2[C@@H](CC(C)C)C1=O. The second-order valence-corrected chi connectivity index (χ2v) is 8.24. The molecule has 4 amide bonds. The van der Waals surface area contributed by atoms with Crippen molar-refractivity contribution in [3.63, 3.8) is 0 Å². The fourth-order valence-electron chi connectivity index (χ4n) is 4.06. The van der Waals surface area contributed by atoms with Crippen molar-refractivity contribution in [2.45, 2.75) is 38.9 Å². The summed E-state index contributed by atoms with van der Waals surface area (Å²) < 4.78 is 5.14. The molecule has 30 heavy (non-hydrogen) atoms. The zero-order chi connectivity index (χ0) is 21.7. The number of fused-ring (bicyclic) bond motifs is 1. The van der Waals surface area contributed by atoms with E-state index in [1.165, 1.54) is 0 Å². The van der Waals surface area contributed by atoms with E-state index >= 15 is 0 Å². The maximum absolute atomic E-state index is 13.1. The summed E-state index contributed by atoms with van der Waals surface area (Å²) in [5.41, 5.74) is 0.757. The van der Waals surface area contributed by atoms with Gasteiger partial charge in [0.25, 0.3) is 0 Å². The van der Waals surface area contributed by atoms with Gasteiger partial charge in [-0.25, -0.2) is 4.79 Å². The molecule has 9 heteroatoms. The Hall–Kier alpha value is -2.68. The summed E-state index contributed by atoms with van der Waals surface area (Å²) >= 11 is 0. The van der Waals surface area contributed by atoms with Gasteiger partial charge in [-0.3, -0.25) is 14.6 Å². The standard InChI is InChI=1S/C21H31N5O4/c1-15(2)10-18-20(28)24(8-9-30-3)12-17-13-25(21(29)26(17)18)14-19(27)23-11-16-6-4-5-7-22-16/h4-7,15,17-18H,8-14H2,1-3H3,(H,23,27)/t17-,18-/m0/s1. The molecule has 1 aromatic rings. The lowest BCUT2D eigenvalue weighted by molar-refractivity contribution is -0.143. The van der Waals surface area contributed by atoms with Crippen molar-refractivity contribution in [3.05, 3.63) is 30.1 Å². The Bertz CT molecular complexity index is 757. The van der Waals surface area contributed by atoms with Crippen LogP contribution in [0.4, 0.5) is 4.79 Å². The van der Waals surface area contributed by atoms with Crippen molar-refractivity contribution < 1.29 is 19.1 Å². The number of pyridine rings is 1. The Kier molecular flexibility index (Phi) is 7.25. The Morgan fingerprint density at radius 1 is 1.27 bits per heavy atom. The first kappa shape index (κ1) is 22.0. The number of nitrogens with zero attached hydrogens (tertiary/aromatic N) is 4. The number of hydrogen-bond donors (Lipinski definition) is 1. The minimum atomic E-state index is -0.491. The molecule has 0 saturated carbocycles. The highest BCUT2D eigenvalue weighted by atomic mass is 16.5. The second-order valence-electron chi connectivity index (χ2n) is 8.24. The third-order valence-corrected chi connectivity index (χ3v) is 5.47. The summed E-state index contributed by atoms with van der Waals surface area (Å²) in [4.78, 5) is 47.7. The van der Waals surface area contributed by atoms with E-state index in [1.807, 2.05) is 32.0 Å². The van der Waals surface area contributed by atoms with E-state index in [0.717, 1.165) is 5.69 Å². The average Bonchev–Trinajstić information content (AvgIpc) is 3.02. The van der Waals surface area contributed by atoms with Crippen LogP contribution in [0, 0.1) is 5.92 Å². The first-order chi connectivity index (χ1) is 14.4. The Balaban J connectivity index is 1.65. The van der Waals surface area contributed by atoms with Gasteiger partial charge in [-0.2, -0.15) is 0 Å². The monoisotopic (exact) mass is 417 g/mol. The number of nitrogens with one attached hydrogen (secondary N) is 1. The minimum absolute atomic E-state index is 0.0284. The van der Waals surface area contributed by atoms with Crippen LogP contribution in [-0.2, 0) is 20.9 Å². The van der Waals surface area contributed by atoms with Gasteiger partial charge in [0.1, 0.15) is 12.6 Å². The van der Waals surface area contributed by atoms with E-state index in [1.54, 1.807) is 28.0 Å². The molecule has 3 heterocycles. The number of urea groups is 1. The number of ether oxygens (including phenoxy) is 1. The number of aromatic nitrogens is 1. The van der Waals surface area contributed by atoms with Crippen molar-refractivity contribution in [1.82, 2.24) is 25.0 Å². The molecule has 0 spiro atoms. The molecule has 2 saturated heterocycles. The summed E-state index contributed by atoms with van der Waals surface area (Å²) in [6.45, 7) is 6.23. The zero-order valence-corrected chi connectivity index (χ0v) is 17.9. The van der Waals surface area contributed by atoms with Crippen molar-refractivity contribution in [2.24, 2.45) is 5.92 Å². The van der Waals surface area contributed by atoms with E-state index in [9.17, 15) is 14.4 Å². The number of carbonyl (C=O) groups excluding carboxylic acids is 3. The maximum atomic E-state index is 13.1. The smallest absolute Gasteiger partial charge is 0.321 e. The van der Waals surface area contributed by atoms with Crippen molar-refractivity contribution >= 4 is 17.8 Å². The molecule has 0 unspecified atom stereocenters. The van der Waals surface area contributed by atoms with Crippen LogP contribution in [0.15, 0.2) is 24.4 Å². The minimum Gasteiger partial charge on any atom is -0.383 e. The van der Waals surface area contributed by atoms with Crippen molar-refractivity contribution in [3.8, 4) is 0 Å². The molecular formula is C21H31N5O4. The lowest BCUT2D eigenvalue weighted by Crippen LogP contribution is -2.61. The van der Waals surface area contributed by atoms with Gasteiger partial charge in [0.15, 0.2) is 0 Å². The fraction of sp³-hybridized carbons (Fsp3) is 0.619. The van der Waals surface area contributed by atoms with Gasteiger partial charge in [0, 0.05) is 32.9 Å². The first-order valence-corrected chi connectivity index (χ1v) is 10.4. The fourth-order valence-corrected chi connectivity index (χ4v) is 4.06. The van der Waals surface area contributed by atoms with Crippen molar-refractivity contribution in [2.75, 3.05) is 39.9 Å². The molecule has 0 aliphatic carbocycles.